The second-order valence-electron chi connectivity index (χ2n) is 7.22. The van der Waals surface area contributed by atoms with E-state index in [4.69, 9.17) is 4.74 Å². The third-order valence-electron chi connectivity index (χ3n) is 4.51. The van der Waals surface area contributed by atoms with Gasteiger partial charge in [0.25, 0.3) is 0 Å². The summed E-state index contributed by atoms with van der Waals surface area (Å²) in [7, 11) is 0. The van der Waals surface area contributed by atoms with Gasteiger partial charge >= 0.3 is 0 Å². The third-order valence-corrected chi connectivity index (χ3v) is 4.51. The Balaban J connectivity index is 0.00000312. The minimum atomic E-state index is 0. The van der Waals surface area contributed by atoms with E-state index >= 15 is 0 Å². The second-order valence-corrected chi connectivity index (χ2v) is 7.22. The second kappa shape index (κ2) is 11.4. The Labute approximate surface area is 158 Å². The van der Waals surface area contributed by atoms with Crippen molar-refractivity contribution in [3.63, 3.8) is 0 Å². The Kier molecular flexibility index (Phi) is 9.91. The lowest BCUT2D eigenvalue weighted by Gasteiger charge is -2.15. The largest absolute Gasteiger partial charge is 0.491 e. The lowest BCUT2D eigenvalue weighted by molar-refractivity contribution is -0.122. The molecule has 142 valence electrons. The van der Waals surface area contributed by atoms with Crippen molar-refractivity contribution in [2.24, 2.45) is 5.92 Å². The van der Waals surface area contributed by atoms with Gasteiger partial charge in [0.05, 0.1) is 6.10 Å². The number of aryl methyl sites for hydroxylation is 1. The van der Waals surface area contributed by atoms with Crippen molar-refractivity contribution in [1.82, 2.24) is 10.6 Å². The van der Waals surface area contributed by atoms with Gasteiger partial charge in [-0.3, -0.25) is 4.79 Å². The zero-order valence-electron chi connectivity index (χ0n) is 15.7. The fraction of sp³-hybridized carbons (Fsp3) is 0.650. The van der Waals surface area contributed by atoms with Gasteiger partial charge < -0.3 is 15.4 Å². The molecule has 1 saturated heterocycles. The maximum Gasteiger partial charge on any atom is 0.220 e. The van der Waals surface area contributed by atoms with E-state index in [1.54, 1.807) is 0 Å². The quantitative estimate of drug-likeness (QED) is 0.698. The van der Waals surface area contributed by atoms with Crippen molar-refractivity contribution >= 4 is 18.3 Å². The zero-order valence-corrected chi connectivity index (χ0v) is 16.5. The first-order valence-electron chi connectivity index (χ1n) is 9.28. The molecular weight excluding hydrogens is 336 g/mol. The summed E-state index contributed by atoms with van der Waals surface area (Å²) in [5, 5.41) is 6.48. The number of ether oxygens (including phenoxy) is 1. The number of rotatable bonds is 9. The van der Waals surface area contributed by atoms with Gasteiger partial charge in [0.1, 0.15) is 5.75 Å². The van der Waals surface area contributed by atoms with Crippen LogP contribution in [-0.4, -0.2) is 31.1 Å². The summed E-state index contributed by atoms with van der Waals surface area (Å²) in [6.07, 6.45) is 4.99. The van der Waals surface area contributed by atoms with Crippen molar-refractivity contribution in [2.75, 3.05) is 13.1 Å². The van der Waals surface area contributed by atoms with Crippen LogP contribution in [0.2, 0.25) is 0 Å². The molecule has 2 atom stereocenters. The summed E-state index contributed by atoms with van der Waals surface area (Å²) in [6, 6.07) is 8.48. The highest BCUT2D eigenvalue weighted by molar-refractivity contribution is 5.85. The molecule has 4 nitrogen and oxygen atoms in total. The monoisotopic (exact) mass is 368 g/mol. The van der Waals surface area contributed by atoms with Crippen molar-refractivity contribution in [3.05, 3.63) is 29.8 Å². The molecule has 1 aromatic rings. The minimum absolute atomic E-state index is 0. The fourth-order valence-corrected chi connectivity index (χ4v) is 3.11. The maximum atomic E-state index is 12.0. The molecule has 0 spiro atoms. The first kappa shape index (κ1) is 21.8. The molecule has 5 heteroatoms. The Hall–Kier alpha value is -1.26. The maximum absolute atomic E-state index is 12.0. The van der Waals surface area contributed by atoms with Crippen LogP contribution >= 0.6 is 12.4 Å². The van der Waals surface area contributed by atoms with Crippen LogP contribution in [0.25, 0.3) is 0 Å². The van der Waals surface area contributed by atoms with Gasteiger partial charge in [-0.15, -0.1) is 12.4 Å². The molecule has 2 N–H and O–H groups in total. The fourth-order valence-electron chi connectivity index (χ4n) is 3.11. The molecule has 0 aliphatic carbocycles. The summed E-state index contributed by atoms with van der Waals surface area (Å²) in [5.74, 6) is 1.78. The van der Waals surface area contributed by atoms with E-state index in [9.17, 15) is 4.79 Å². The van der Waals surface area contributed by atoms with Crippen LogP contribution in [0.1, 0.15) is 52.0 Å². The Morgan fingerprint density at radius 1 is 1.28 bits per heavy atom. The van der Waals surface area contributed by atoms with E-state index in [0.29, 0.717) is 12.3 Å². The number of hydrogen-bond acceptors (Lipinski definition) is 3. The van der Waals surface area contributed by atoms with E-state index in [1.165, 1.54) is 12.0 Å². The molecule has 0 bridgehead atoms. The molecule has 0 saturated carbocycles. The average molecular weight is 369 g/mol. The van der Waals surface area contributed by atoms with Crippen LogP contribution in [-0.2, 0) is 11.2 Å². The number of benzene rings is 1. The standard InChI is InChI=1S/C20H32N2O2.ClH/c1-15(2)24-19-9-6-17(7-10-19)5-4-16(3)22-20(23)11-8-18-12-13-21-14-18;/h6-7,9-10,15-16,18,21H,4-5,8,11-14H2,1-3H3,(H,22,23);1H. The highest BCUT2D eigenvalue weighted by Crippen LogP contribution is 2.16. The molecule has 1 amide bonds. The van der Waals surface area contributed by atoms with Crippen LogP contribution in [0, 0.1) is 5.92 Å². The summed E-state index contributed by atoms with van der Waals surface area (Å²) in [5.41, 5.74) is 1.28. The molecule has 0 radical (unpaired) electrons. The van der Waals surface area contributed by atoms with Gasteiger partial charge in [0.15, 0.2) is 0 Å². The number of hydrogen-bond donors (Lipinski definition) is 2. The van der Waals surface area contributed by atoms with Gasteiger partial charge in [-0.25, -0.2) is 0 Å². The van der Waals surface area contributed by atoms with Crippen molar-refractivity contribution < 1.29 is 9.53 Å². The molecular formula is C20H33ClN2O2. The molecule has 1 aromatic carbocycles. The minimum Gasteiger partial charge on any atom is -0.491 e. The van der Waals surface area contributed by atoms with E-state index in [-0.39, 0.29) is 30.5 Å². The highest BCUT2D eigenvalue weighted by Gasteiger charge is 2.16. The van der Waals surface area contributed by atoms with Gasteiger partial charge in [0, 0.05) is 12.5 Å². The van der Waals surface area contributed by atoms with Crippen LogP contribution in [0.3, 0.4) is 0 Å². The SMILES string of the molecule is CC(CCc1ccc(OC(C)C)cc1)NC(=O)CCC1CCNC1.Cl. The van der Waals surface area contributed by atoms with Crippen LogP contribution in [0.5, 0.6) is 5.75 Å². The number of amides is 1. The molecule has 0 aromatic heterocycles. The molecule has 1 aliphatic rings. The summed E-state index contributed by atoms with van der Waals surface area (Å²) >= 11 is 0. The van der Waals surface area contributed by atoms with Crippen molar-refractivity contribution in [3.8, 4) is 5.75 Å². The summed E-state index contributed by atoms with van der Waals surface area (Å²) in [4.78, 5) is 12.0. The lowest BCUT2D eigenvalue weighted by atomic mass is 10.0. The Morgan fingerprint density at radius 3 is 2.60 bits per heavy atom. The Morgan fingerprint density at radius 2 is 2.00 bits per heavy atom. The van der Waals surface area contributed by atoms with Gasteiger partial charge in [-0.05, 0) is 83.2 Å². The lowest BCUT2D eigenvalue weighted by Crippen LogP contribution is -2.33. The number of carbonyl (C=O) groups is 1. The van der Waals surface area contributed by atoms with Crippen molar-refractivity contribution in [1.29, 1.82) is 0 Å². The van der Waals surface area contributed by atoms with Gasteiger partial charge in [-0.1, -0.05) is 12.1 Å². The smallest absolute Gasteiger partial charge is 0.220 e. The highest BCUT2D eigenvalue weighted by atomic mass is 35.5. The summed E-state index contributed by atoms with van der Waals surface area (Å²) < 4.78 is 5.65. The topological polar surface area (TPSA) is 50.4 Å². The van der Waals surface area contributed by atoms with Gasteiger partial charge in [0.2, 0.25) is 5.91 Å². The van der Waals surface area contributed by atoms with E-state index in [0.717, 1.165) is 38.1 Å². The molecule has 2 unspecified atom stereocenters. The van der Waals surface area contributed by atoms with Crippen molar-refractivity contribution in [2.45, 2.75) is 65.0 Å². The Bertz CT molecular complexity index is 499. The molecule has 2 rings (SSSR count). The van der Waals surface area contributed by atoms with Crippen LogP contribution in [0.4, 0.5) is 0 Å². The van der Waals surface area contributed by atoms with E-state index in [2.05, 4.69) is 29.7 Å². The van der Waals surface area contributed by atoms with E-state index < -0.39 is 0 Å². The average Bonchev–Trinajstić information content (AvgIpc) is 3.05. The molecule has 1 fully saturated rings. The first-order valence-corrected chi connectivity index (χ1v) is 9.28. The van der Waals surface area contributed by atoms with Gasteiger partial charge in [-0.2, -0.15) is 0 Å². The number of nitrogens with one attached hydrogen (secondary N) is 2. The summed E-state index contributed by atoms with van der Waals surface area (Å²) in [6.45, 7) is 8.32. The third kappa shape index (κ3) is 8.59. The van der Waals surface area contributed by atoms with Crippen LogP contribution in [0.15, 0.2) is 24.3 Å². The molecule has 1 aliphatic heterocycles. The molecule has 25 heavy (non-hydrogen) atoms. The predicted octanol–water partition coefficient (Wildman–Crippen LogP) is 3.72. The number of halogens is 1. The van der Waals surface area contributed by atoms with E-state index in [1.807, 2.05) is 26.0 Å². The predicted molar refractivity (Wildman–Crippen MR) is 106 cm³/mol. The zero-order chi connectivity index (χ0) is 17.4. The number of carbonyl (C=O) groups excluding carboxylic acids is 1. The van der Waals surface area contributed by atoms with Crippen LogP contribution < -0.4 is 15.4 Å². The first-order chi connectivity index (χ1) is 11.5. The normalized spacial score (nSPS) is 17.8. The molecule has 1 heterocycles.